The minimum absolute atomic E-state index is 0.104. The maximum atomic E-state index is 13.7. The van der Waals surface area contributed by atoms with E-state index in [0.717, 1.165) is 17.0 Å². The molecule has 0 N–H and O–H groups in total. The van der Waals surface area contributed by atoms with Crippen LogP contribution >= 0.6 is 0 Å². The van der Waals surface area contributed by atoms with Crippen LogP contribution in [0.15, 0.2) is 54.6 Å². The van der Waals surface area contributed by atoms with Crippen molar-refractivity contribution in [2.45, 2.75) is 20.3 Å². The lowest BCUT2D eigenvalue weighted by Crippen LogP contribution is -2.49. The first-order valence-electron chi connectivity index (χ1n) is 11.9. The van der Waals surface area contributed by atoms with Crippen LogP contribution in [-0.2, 0) is 11.2 Å². The lowest BCUT2D eigenvalue weighted by molar-refractivity contribution is 0.0515. The smallest absolute Gasteiger partial charge is 0.342 e. The number of ether oxygens (including phenoxy) is 2. The number of aryl methyl sites for hydroxylation is 1. The zero-order valence-corrected chi connectivity index (χ0v) is 20.4. The standard InChI is InChI=1S/C27H30N4O4/c1-4-22-23(27(33)35-5-2)24(29-25(28-22)19-9-7-6-8-10-19)26(32)31-17-15-30(16-18-31)20-11-13-21(34-3)14-12-20/h6-14H,4-5,15-18H2,1-3H3. The molecule has 1 aromatic heterocycles. The Morgan fingerprint density at radius 2 is 1.60 bits per heavy atom. The van der Waals surface area contributed by atoms with Crippen molar-refractivity contribution in [2.24, 2.45) is 0 Å². The van der Waals surface area contributed by atoms with E-state index >= 15 is 0 Å². The molecule has 0 aliphatic carbocycles. The summed E-state index contributed by atoms with van der Waals surface area (Å²) in [5, 5.41) is 0. The molecular weight excluding hydrogens is 444 g/mol. The monoisotopic (exact) mass is 474 g/mol. The normalized spacial score (nSPS) is 13.5. The minimum Gasteiger partial charge on any atom is -0.497 e. The number of carbonyl (C=O) groups is 2. The third-order valence-corrected chi connectivity index (χ3v) is 6.04. The molecule has 0 bridgehead atoms. The van der Waals surface area contributed by atoms with Gasteiger partial charge in [0.05, 0.1) is 19.4 Å². The number of hydrogen-bond acceptors (Lipinski definition) is 7. The number of methoxy groups -OCH3 is 1. The van der Waals surface area contributed by atoms with Crippen molar-refractivity contribution in [3.05, 3.63) is 71.5 Å². The lowest BCUT2D eigenvalue weighted by atomic mass is 10.1. The summed E-state index contributed by atoms with van der Waals surface area (Å²) < 4.78 is 10.5. The van der Waals surface area contributed by atoms with Gasteiger partial charge in [0.2, 0.25) is 0 Å². The summed E-state index contributed by atoms with van der Waals surface area (Å²) in [7, 11) is 1.64. The summed E-state index contributed by atoms with van der Waals surface area (Å²) in [4.78, 5) is 39.8. The van der Waals surface area contributed by atoms with Gasteiger partial charge in [-0.1, -0.05) is 37.3 Å². The number of hydrogen-bond donors (Lipinski definition) is 0. The Labute approximate surface area is 205 Å². The molecule has 3 aromatic rings. The van der Waals surface area contributed by atoms with E-state index in [0.29, 0.717) is 44.1 Å². The highest BCUT2D eigenvalue weighted by atomic mass is 16.5. The number of amides is 1. The SMILES string of the molecule is CCOC(=O)c1c(CC)nc(-c2ccccc2)nc1C(=O)N1CCN(c2ccc(OC)cc2)CC1. The molecule has 0 spiro atoms. The average Bonchev–Trinajstić information content (AvgIpc) is 2.92. The van der Waals surface area contributed by atoms with Gasteiger partial charge in [-0.15, -0.1) is 0 Å². The predicted molar refractivity (Wildman–Crippen MR) is 134 cm³/mol. The fourth-order valence-electron chi connectivity index (χ4n) is 4.16. The molecule has 0 unspecified atom stereocenters. The summed E-state index contributed by atoms with van der Waals surface area (Å²) in [6.45, 7) is 6.22. The van der Waals surface area contributed by atoms with Crippen LogP contribution in [0.5, 0.6) is 5.75 Å². The Bertz CT molecular complexity index is 1170. The van der Waals surface area contributed by atoms with Crippen LogP contribution in [0.4, 0.5) is 5.69 Å². The van der Waals surface area contributed by atoms with E-state index in [2.05, 4.69) is 14.9 Å². The van der Waals surface area contributed by atoms with Crippen molar-refractivity contribution in [3.8, 4) is 17.1 Å². The van der Waals surface area contributed by atoms with Gasteiger partial charge in [-0.25, -0.2) is 14.8 Å². The first kappa shape index (κ1) is 24.2. The summed E-state index contributed by atoms with van der Waals surface area (Å²) >= 11 is 0. The van der Waals surface area contributed by atoms with Crippen molar-refractivity contribution >= 4 is 17.6 Å². The van der Waals surface area contributed by atoms with E-state index in [1.807, 2.05) is 61.5 Å². The molecule has 35 heavy (non-hydrogen) atoms. The Morgan fingerprint density at radius 3 is 2.20 bits per heavy atom. The molecule has 1 aliphatic heterocycles. The molecule has 8 heteroatoms. The fourth-order valence-corrected chi connectivity index (χ4v) is 4.16. The van der Waals surface area contributed by atoms with E-state index in [1.165, 1.54) is 0 Å². The van der Waals surface area contributed by atoms with Crippen LogP contribution in [0, 0.1) is 0 Å². The van der Waals surface area contributed by atoms with Crippen molar-refractivity contribution in [2.75, 3.05) is 44.8 Å². The Balaban J connectivity index is 1.63. The second-order valence-electron chi connectivity index (χ2n) is 8.13. The summed E-state index contributed by atoms with van der Waals surface area (Å²) in [5.74, 6) is 0.385. The highest BCUT2D eigenvalue weighted by Crippen LogP contribution is 2.24. The quantitative estimate of drug-likeness (QED) is 0.481. The van der Waals surface area contributed by atoms with Crippen LogP contribution in [0.2, 0.25) is 0 Å². The van der Waals surface area contributed by atoms with Gasteiger partial charge >= 0.3 is 5.97 Å². The van der Waals surface area contributed by atoms with Crippen LogP contribution in [-0.4, -0.2) is 66.6 Å². The van der Waals surface area contributed by atoms with Crippen molar-refractivity contribution in [1.82, 2.24) is 14.9 Å². The Hall–Kier alpha value is -3.94. The number of esters is 1. The molecule has 1 amide bonds. The lowest BCUT2D eigenvalue weighted by Gasteiger charge is -2.36. The number of nitrogens with zero attached hydrogens (tertiary/aromatic N) is 4. The maximum Gasteiger partial charge on any atom is 0.342 e. The molecule has 0 atom stereocenters. The molecule has 0 saturated carbocycles. The van der Waals surface area contributed by atoms with Gasteiger partial charge in [-0.2, -0.15) is 0 Å². The first-order chi connectivity index (χ1) is 17.0. The van der Waals surface area contributed by atoms with Gasteiger partial charge in [-0.3, -0.25) is 4.79 Å². The number of anilines is 1. The number of carbonyl (C=O) groups excluding carboxylic acids is 2. The highest BCUT2D eigenvalue weighted by Gasteiger charge is 2.30. The molecule has 8 nitrogen and oxygen atoms in total. The van der Waals surface area contributed by atoms with Gasteiger partial charge in [-0.05, 0) is 37.6 Å². The highest BCUT2D eigenvalue weighted by molar-refractivity contribution is 6.05. The average molecular weight is 475 g/mol. The molecule has 182 valence electrons. The summed E-state index contributed by atoms with van der Waals surface area (Å²) in [6, 6.07) is 17.4. The van der Waals surface area contributed by atoms with Crippen LogP contribution in [0.1, 0.15) is 40.4 Å². The van der Waals surface area contributed by atoms with Gasteiger partial charge in [0.1, 0.15) is 17.0 Å². The summed E-state index contributed by atoms with van der Waals surface area (Å²) in [6.07, 6.45) is 0.474. The largest absolute Gasteiger partial charge is 0.497 e. The van der Waals surface area contributed by atoms with Crippen molar-refractivity contribution in [1.29, 1.82) is 0 Å². The zero-order valence-electron chi connectivity index (χ0n) is 20.4. The second kappa shape index (κ2) is 11.0. The van der Waals surface area contributed by atoms with Crippen molar-refractivity contribution in [3.63, 3.8) is 0 Å². The number of rotatable bonds is 7. The molecule has 1 saturated heterocycles. The number of aromatic nitrogens is 2. The van der Waals surface area contributed by atoms with Gasteiger partial charge in [0.25, 0.3) is 5.91 Å². The predicted octanol–water partition coefficient (Wildman–Crippen LogP) is 3.85. The molecule has 2 aromatic carbocycles. The summed E-state index contributed by atoms with van der Waals surface area (Å²) in [5.41, 5.74) is 2.64. The van der Waals surface area contributed by atoms with E-state index in [9.17, 15) is 9.59 Å². The van der Waals surface area contributed by atoms with Gasteiger partial charge in [0, 0.05) is 37.4 Å². The van der Waals surface area contributed by atoms with E-state index < -0.39 is 5.97 Å². The van der Waals surface area contributed by atoms with E-state index in [1.54, 1.807) is 18.9 Å². The zero-order chi connectivity index (χ0) is 24.8. The topological polar surface area (TPSA) is 84.9 Å². The minimum atomic E-state index is -0.566. The molecule has 4 rings (SSSR count). The molecule has 1 aliphatic rings. The molecule has 1 fully saturated rings. The van der Waals surface area contributed by atoms with Crippen LogP contribution in [0.3, 0.4) is 0 Å². The fraction of sp³-hybridized carbons (Fsp3) is 0.333. The number of benzene rings is 2. The number of piperazine rings is 1. The van der Waals surface area contributed by atoms with Crippen LogP contribution < -0.4 is 9.64 Å². The maximum absolute atomic E-state index is 13.7. The van der Waals surface area contributed by atoms with E-state index in [4.69, 9.17) is 9.47 Å². The Kier molecular flexibility index (Phi) is 7.60. The third kappa shape index (κ3) is 5.26. The molecule has 2 heterocycles. The van der Waals surface area contributed by atoms with Crippen molar-refractivity contribution < 1.29 is 19.1 Å². The van der Waals surface area contributed by atoms with Gasteiger partial charge in [0.15, 0.2) is 5.82 Å². The van der Waals surface area contributed by atoms with E-state index in [-0.39, 0.29) is 23.8 Å². The third-order valence-electron chi connectivity index (χ3n) is 6.04. The molecular formula is C27H30N4O4. The first-order valence-corrected chi connectivity index (χ1v) is 11.9. The van der Waals surface area contributed by atoms with Crippen LogP contribution in [0.25, 0.3) is 11.4 Å². The Morgan fingerprint density at radius 1 is 0.914 bits per heavy atom. The second-order valence-corrected chi connectivity index (χ2v) is 8.13. The molecule has 0 radical (unpaired) electrons. The van der Waals surface area contributed by atoms with Gasteiger partial charge < -0.3 is 19.3 Å².